The highest BCUT2D eigenvalue weighted by atomic mass is 32.2. The molecule has 1 amide bonds. The molecular formula is C12H14F3N3O3S. The standard InChI is InChI=1S/C12H14F3N3O3S/c1-6-3-7(2)17-11(16-6)22-5-9(19)18-8(10(20)21)4-12(13,14)15/h3,8H,4-5H2,1-2H3,(H,18,19)(H,20,21). The van der Waals surface area contributed by atoms with Crippen molar-refractivity contribution in [1.82, 2.24) is 15.3 Å². The smallest absolute Gasteiger partial charge is 0.391 e. The lowest BCUT2D eigenvalue weighted by Gasteiger charge is -2.16. The molecule has 2 N–H and O–H groups in total. The van der Waals surface area contributed by atoms with Crippen LogP contribution in [0, 0.1) is 13.8 Å². The normalized spacial score (nSPS) is 12.8. The Balaban J connectivity index is 2.58. The minimum Gasteiger partial charge on any atom is -0.480 e. The number of amides is 1. The molecule has 0 fully saturated rings. The quantitative estimate of drug-likeness (QED) is 0.606. The summed E-state index contributed by atoms with van der Waals surface area (Å²) in [6.07, 6.45) is -6.31. The third-order valence-electron chi connectivity index (χ3n) is 2.36. The second kappa shape index (κ2) is 7.43. The number of aromatic nitrogens is 2. The van der Waals surface area contributed by atoms with E-state index in [1.165, 1.54) is 0 Å². The number of nitrogens with zero attached hydrogens (tertiary/aromatic N) is 2. The number of rotatable bonds is 6. The van der Waals surface area contributed by atoms with Crippen LogP contribution in [0.1, 0.15) is 17.8 Å². The minimum absolute atomic E-state index is 0.273. The second-order valence-electron chi connectivity index (χ2n) is 4.50. The first-order chi connectivity index (χ1) is 10.1. The Kier molecular flexibility index (Phi) is 6.15. The molecule has 0 saturated heterocycles. The third-order valence-corrected chi connectivity index (χ3v) is 3.21. The molecule has 1 atom stereocenters. The van der Waals surface area contributed by atoms with E-state index in [1.807, 2.05) is 5.32 Å². The van der Waals surface area contributed by atoms with Gasteiger partial charge >= 0.3 is 12.1 Å². The van der Waals surface area contributed by atoms with Crippen molar-refractivity contribution in [3.8, 4) is 0 Å². The van der Waals surface area contributed by atoms with Crippen molar-refractivity contribution < 1.29 is 27.9 Å². The summed E-state index contributed by atoms with van der Waals surface area (Å²) < 4.78 is 36.6. The lowest BCUT2D eigenvalue weighted by Crippen LogP contribution is -2.44. The van der Waals surface area contributed by atoms with Crippen LogP contribution in [-0.4, -0.2) is 44.9 Å². The Morgan fingerprint density at radius 3 is 2.32 bits per heavy atom. The number of hydrogen-bond acceptors (Lipinski definition) is 5. The van der Waals surface area contributed by atoms with Gasteiger partial charge in [-0.1, -0.05) is 11.8 Å². The lowest BCUT2D eigenvalue weighted by atomic mass is 10.2. The van der Waals surface area contributed by atoms with Crippen LogP contribution in [0.4, 0.5) is 13.2 Å². The SMILES string of the molecule is Cc1cc(C)nc(SCC(=O)NC(CC(F)(F)F)C(=O)O)n1. The number of carboxylic acid groups (broad SMARTS) is 1. The maximum atomic E-state index is 12.2. The lowest BCUT2D eigenvalue weighted by molar-refractivity contribution is -0.159. The Labute approximate surface area is 128 Å². The van der Waals surface area contributed by atoms with E-state index in [4.69, 9.17) is 5.11 Å². The highest BCUT2D eigenvalue weighted by Gasteiger charge is 2.36. The van der Waals surface area contributed by atoms with Crippen LogP contribution < -0.4 is 5.32 Å². The molecule has 1 rings (SSSR count). The number of carboxylic acids is 1. The summed E-state index contributed by atoms with van der Waals surface area (Å²) in [5, 5.41) is 10.8. The summed E-state index contributed by atoms with van der Waals surface area (Å²) in [5.74, 6) is -2.84. The third kappa shape index (κ3) is 6.74. The summed E-state index contributed by atoms with van der Waals surface area (Å²) in [6, 6.07) is -0.276. The molecule has 1 heterocycles. The van der Waals surface area contributed by atoms with E-state index in [9.17, 15) is 22.8 Å². The van der Waals surface area contributed by atoms with Crippen LogP contribution in [0.3, 0.4) is 0 Å². The molecule has 1 aromatic rings. The van der Waals surface area contributed by atoms with E-state index in [2.05, 4.69) is 9.97 Å². The summed E-state index contributed by atoms with van der Waals surface area (Å²) in [5.41, 5.74) is 1.38. The summed E-state index contributed by atoms with van der Waals surface area (Å²) in [4.78, 5) is 30.4. The van der Waals surface area contributed by atoms with Gasteiger partial charge in [0.2, 0.25) is 5.91 Å². The zero-order chi connectivity index (χ0) is 16.9. The molecule has 1 unspecified atom stereocenters. The fourth-order valence-electron chi connectivity index (χ4n) is 1.56. The molecule has 0 radical (unpaired) electrons. The molecule has 0 bridgehead atoms. The highest BCUT2D eigenvalue weighted by Crippen LogP contribution is 2.22. The first-order valence-electron chi connectivity index (χ1n) is 6.11. The van der Waals surface area contributed by atoms with Gasteiger partial charge < -0.3 is 10.4 Å². The Hall–Kier alpha value is -1.84. The first kappa shape index (κ1) is 18.2. The monoisotopic (exact) mass is 337 g/mol. The fourth-order valence-corrected chi connectivity index (χ4v) is 2.32. The summed E-state index contributed by atoms with van der Waals surface area (Å²) in [7, 11) is 0. The van der Waals surface area contributed by atoms with Crippen molar-refractivity contribution in [1.29, 1.82) is 0 Å². The molecule has 6 nitrogen and oxygen atoms in total. The van der Waals surface area contributed by atoms with Gasteiger partial charge in [0.15, 0.2) is 5.16 Å². The fraction of sp³-hybridized carbons (Fsp3) is 0.500. The van der Waals surface area contributed by atoms with Gasteiger partial charge in [-0.2, -0.15) is 13.2 Å². The predicted molar refractivity (Wildman–Crippen MR) is 72.5 cm³/mol. The van der Waals surface area contributed by atoms with Gasteiger partial charge in [-0.15, -0.1) is 0 Å². The molecule has 122 valence electrons. The molecule has 0 aromatic carbocycles. The zero-order valence-electron chi connectivity index (χ0n) is 11.8. The van der Waals surface area contributed by atoms with Crippen molar-refractivity contribution in [2.75, 3.05) is 5.75 Å². The Morgan fingerprint density at radius 1 is 1.32 bits per heavy atom. The average Bonchev–Trinajstić information content (AvgIpc) is 2.32. The van der Waals surface area contributed by atoms with Crippen molar-refractivity contribution in [3.63, 3.8) is 0 Å². The topological polar surface area (TPSA) is 92.2 Å². The van der Waals surface area contributed by atoms with Gasteiger partial charge in [0.25, 0.3) is 0 Å². The number of carbonyl (C=O) groups excluding carboxylic acids is 1. The molecule has 0 aliphatic heterocycles. The van der Waals surface area contributed by atoms with Crippen molar-refractivity contribution in [2.24, 2.45) is 0 Å². The molecule has 0 aliphatic rings. The number of carbonyl (C=O) groups is 2. The Morgan fingerprint density at radius 2 is 1.86 bits per heavy atom. The summed E-state index contributed by atoms with van der Waals surface area (Å²) in [6.45, 7) is 3.48. The number of aliphatic carboxylic acids is 1. The van der Waals surface area contributed by atoms with E-state index in [1.54, 1.807) is 19.9 Å². The molecule has 0 spiro atoms. The first-order valence-corrected chi connectivity index (χ1v) is 7.09. The van der Waals surface area contributed by atoms with Crippen LogP contribution in [0.15, 0.2) is 11.2 Å². The van der Waals surface area contributed by atoms with Gasteiger partial charge in [0.05, 0.1) is 12.2 Å². The number of hydrogen-bond donors (Lipinski definition) is 2. The zero-order valence-corrected chi connectivity index (χ0v) is 12.6. The van der Waals surface area contributed by atoms with Gasteiger partial charge in [-0.3, -0.25) is 4.79 Å². The van der Waals surface area contributed by atoms with Crippen LogP contribution in [0.2, 0.25) is 0 Å². The van der Waals surface area contributed by atoms with Crippen molar-refractivity contribution in [2.45, 2.75) is 37.6 Å². The molecule has 10 heteroatoms. The van der Waals surface area contributed by atoms with Crippen molar-refractivity contribution in [3.05, 3.63) is 17.5 Å². The van der Waals surface area contributed by atoms with E-state index in [0.717, 1.165) is 11.8 Å². The van der Waals surface area contributed by atoms with Crippen LogP contribution in [0.5, 0.6) is 0 Å². The van der Waals surface area contributed by atoms with Gasteiger partial charge in [0, 0.05) is 11.4 Å². The van der Waals surface area contributed by atoms with E-state index in [-0.39, 0.29) is 5.75 Å². The van der Waals surface area contributed by atoms with E-state index >= 15 is 0 Å². The van der Waals surface area contributed by atoms with Crippen LogP contribution in [0.25, 0.3) is 0 Å². The molecular weight excluding hydrogens is 323 g/mol. The molecule has 0 aliphatic carbocycles. The highest BCUT2D eigenvalue weighted by molar-refractivity contribution is 7.99. The number of aryl methyl sites for hydroxylation is 2. The second-order valence-corrected chi connectivity index (χ2v) is 5.44. The predicted octanol–water partition coefficient (Wildman–Crippen LogP) is 1.71. The minimum atomic E-state index is -4.68. The van der Waals surface area contributed by atoms with Crippen LogP contribution in [-0.2, 0) is 9.59 Å². The van der Waals surface area contributed by atoms with Gasteiger partial charge in [-0.25, -0.2) is 14.8 Å². The summed E-state index contributed by atoms with van der Waals surface area (Å²) >= 11 is 0.920. The largest absolute Gasteiger partial charge is 0.480 e. The van der Waals surface area contributed by atoms with Crippen LogP contribution >= 0.6 is 11.8 Å². The van der Waals surface area contributed by atoms with E-state index < -0.39 is 30.5 Å². The number of alkyl halides is 3. The maximum Gasteiger partial charge on any atom is 0.391 e. The average molecular weight is 337 g/mol. The molecule has 1 aromatic heterocycles. The molecule has 22 heavy (non-hydrogen) atoms. The number of nitrogens with one attached hydrogen (secondary N) is 1. The number of halogens is 3. The maximum absolute atomic E-state index is 12.2. The number of thioether (sulfide) groups is 1. The Bertz CT molecular complexity index is 546. The van der Waals surface area contributed by atoms with Crippen molar-refractivity contribution >= 4 is 23.6 Å². The van der Waals surface area contributed by atoms with Gasteiger partial charge in [0.1, 0.15) is 6.04 Å². The van der Waals surface area contributed by atoms with E-state index in [0.29, 0.717) is 16.5 Å². The van der Waals surface area contributed by atoms with Gasteiger partial charge in [-0.05, 0) is 19.9 Å². The molecule has 0 saturated carbocycles.